The van der Waals surface area contributed by atoms with Crippen molar-refractivity contribution in [1.29, 1.82) is 0 Å². The van der Waals surface area contributed by atoms with Gasteiger partial charge in [-0.3, -0.25) is 9.52 Å². The Kier molecular flexibility index (Phi) is 6.40. The van der Waals surface area contributed by atoms with Gasteiger partial charge in [0.05, 0.1) is 23.3 Å². The molecule has 33 heavy (non-hydrogen) atoms. The van der Waals surface area contributed by atoms with Crippen molar-refractivity contribution in [2.75, 3.05) is 23.3 Å². The molecule has 3 aromatic rings. The molecular weight excluding hydrogens is 464 g/mol. The molecule has 0 saturated carbocycles. The van der Waals surface area contributed by atoms with Crippen LogP contribution in [0.15, 0.2) is 71.6 Å². The van der Waals surface area contributed by atoms with Crippen molar-refractivity contribution in [3.63, 3.8) is 0 Å². The molecule has 170 valence electrons. The largest absolute Gasteiger partial charge is 0.465 e. The van der Waals surface area contributed by atoms with E-state index in [0.29, 0.717) is 35.7 Å². The summed E-state index contributed by atoms with van der Waals surface area (Å²) in [6.07, 6.45) is 1.33. The lowest BCUT2D eigenvalue weighted by molar-refractivity contribution is 0.0602. The highest BCUT2D eigenvalue weighted by atomic mass is 35.5. The molecule has 0 aromatic heterocycles. The first-order chi connectivity index (χ1) is 15.8. The number of esters is 1. The lowest BCUT2D eigenvalue weighted by Gasteiger charge is -2.30. The molecule has 9 heteroatoms. The van der Waals surface area contributed by atoms with Crippen molar-refractivity contribution < 1.29 is 22.7 Å². The summed E-state index contributed by atoms with van der Waals surface area (Å²) in [6.45, 7) is 0.523. The predicted octanol–water partition coefficient (Wildman–Crippen LogP) is 4.52. The number of benzene rings is 3. The Morgan fingerprint density at radius 1 is 1.03 bits per heavy atom. The Hall–Kier alpha value is -3.36. The standard InChI is InChI=1S/C24H21ClN2O5S/c1-32-24(29)20-9-2-3-10-21(20)26-33(30,31)19-11-12-22-16(15-19)7-5-13-27(22)23(28)17-6-4-8-18(25)14-17/h2-4,6,8-12,14-15,26H,5,7,13H2,1H3. The van der Waals surface area contributed by atoms with Crippen LogP contribution < -0.4 is 9.62 Å². The molecule has 7 nitrogen and oxygen atoms in total. The number of nitrogens with zero attached hydrogens (tertiary/aromatic N) is 1. The monoisotopic (exact) mass is 484 g/mol. The summed E-state index contributed by atoms with van der Waals surface area (Å²) >= 11 is 6.03. The summed E-state index contributed by atoms with van der Waals surface area (Å²) in [4.78, 5) is 26.7. The van der Waals surface area contributed by atoms with Crippen LogP contribution in [-0.4, -0.2) is 33.9 Å². The maximum atomic E-state index is 13.1. The number of halogens is 1. The summed E-state index contributed by atoms with van der Waals surface area (Å²) in [5.74, 6) is -0.840. The number of nitrogens with one attached hydrogen (secondary N) is 1. The zero-order valence-electron chi connectivity index (χ0n) is 17.7. The number of ether oxygens (including phenoxy) is 1. The van der Waals surface area contributed by atoms with Gasteiger partial charge in [-0.1, -0.05) is 29.8 Å². The van der Waals surface area contributed by atoms with E-state index in [-0.39, 0.29) is 22.1 Å². The molecule has 0 spiro atoms. The zero-order chi connectivity index (χ0) is 23.6. The van der Waals surface area contributed by atoms with Crippen LogP contribution in [0.1, 0.15) is 32.7 Å². The second-order valence-corrected chi connectivity index (χ2v) is 9.62. The third-order valence-corrected chi connectivity index (χ3v) is 6.97. The molecule has 0 atom stereocenters. The number of sulfonamides is 1. The molecule has 0 aliphatic carbocycles. The number of hydrogen-bond acceptors (Lipinski definition) is 5. The molecular formula is C24H21ClN2O5S. The highest BCUT2D eigenvalue weighted by Gasteiger charge is 2.26. The Balaban J connectivity index is 1.64. The van der Waals surface area contributed by atoms with Gasteiger partial charge in [0, 0.05) is 22.8 Å². The maximum absolute atomic E-state index is 13.1. The number of hydrogen-bond donors (Lipinski definition) is 1. The van der Waals surface area contributed by atoms with Gasteiger partial charge < -0.3 is 9.64 Å². The molecule has 1 heterocycles. The van der Waals surface area contributed by atoms with Crippen molar-refractivity contribution in [3.05, 3.63) is 88.4 Å². The lowest BCUT2D eigenvalue weighted by Crippen LogP contribution is -2.35. The first-order valence-electron chi connectivity index (χ1n) is 10.2. The van der Waals surface area contributed by atoms with Crippen LogP contribution in [0.25, 0.3) is 0 Å². The molecule has 0 saturated heterocycles. The second kappa shape index (κ2) is 9.25. The minimum absolute atomic E-state index is 0.0398. The van der Waals surface area contributed by atoms with E-state index in [2.05, 4.69) is 4.72 Å². The number of amides is 1. The minimum atomic E-state index is -3.99. The van der Waals surface area contributed by atoms with Gasteiger partial charge in [-0.25, -0.2) is 13.2 Å². The summed E-state index contributed by atoms with van der Waals surface area (Å²) in [6, 6.07) is 17.6. The summed E-state index contributed by atoms with van der Waals surface area (Å²) in [5.41, 5.74) is 2.12. The minimum Gasteiger partial charge on any atom is -0.465 e. The molecule has 0 fully saturated rings. The van der Waals surface area contributed by atoms with E-state index < -0.39 is 16.0 Å². The maximum Gasteiger partial charge on any atom is 0.339 e. The van der Waals surface area contributed by atoms with Crippen LogP contribution in [0.2, 0.25) is 5.02 Å². The van der Waals surface area contributed by atoms with Gasteiger partial charge in [-0.05, 0) is 66.9 Å². The average molecular weight is 485 g/mol. The van der Waals surface area contributed by atoms with Gasteiger partial charge >= 0.3 is 5.97 Å². The third kappa shape index (κ3) is 4.72. The fourth-order valence-corrected chi connectivity index (χ4v) is 5.11. The van der Waals surface area contributed by atoms with Crippen molar-refractivity contribution in [3.8, 4) is 0 Å². The third-order valence-electron chi connectivity index (χ3n) is 5.37. The van der Waals surface area contributed by atoms with Gasteiger partial charge in [0.2, 0.25) is 0 Å². The summed E-state index contributed by atoms with van der Waals surface area (Å²) < 4.78 is 33.3. The Bertz CT molecular complexity index is 1340. The van der Waals surface area contributed by atoms with Crippen LogP contribution in [0.4, 0.5) is 11.4 Å². The quantitative estimate of drug-likeness (QED) is 0.537. The van der Waals surface area contributed by atoms with Crippen LogP contribution in [0.5, 0.6) is 0 Å². The molecule has 3 aromatic carbocycles. The van der Waals surface area contributed by atoms with Crippen LogP contribution in [0.3, 0.4) is 0 Å². The Labute approximate surface area is 197 Å². The highest BCUT2D eigenvalue weighted by molar-refractivity contribution is 7.92. The van der Waals surface area contributed by atoms with E-state index in [0.717, 1.165) is 5.56 Å². The normalized spacial score (nSPS) is 13.2. The number of methoxy groups -OCH3 is 1. The molecule has 0 bridgehead atoms. The van der Waals surface area contributed by atoms with Gasteiger partial charge in [0.1, 0.15) is 0 Å². The lowest BCUT2D eigenvalue weighted by atomic mass is 10.0. The SMILES string of the molecule is COC(=O)c1ccccc1NS(=O)(=O)c1ccc2c(c1)CCCN2C(=O)c1cccc(Cl)c1. The van der Waals surface area contributed by atoms with E-state index in [1.54, 1.807) is 53.4 Å². The highest BCUT2D eigenvalue weighted by Crippen LogP contribution is 2.32. The molecule has 0 unspecified atom stereocenters. The smallest absolute Gasteiger partial charge is 0.339 e. The zero-order valence-corrected chi connectivity index (χ0v) is 19.3. The van der Waals surface area contributed by atoms with Crippen molar-refractivity contribution in [2.45, 2.75) is 17.7 Å². The van der Waals surface area contributed by atoms with Crippen LogP contribution in [0, 0.1) is 0 Å². The molecule has 0 radical (unpaired) electrons. The first-order valence-corrected chi connectivity index (χ1v) is 12.1. The van der Waals surface area contributed by atoms with Crippen molar-refractivity contribution >= 4 is 44.9 Å². The average Bonchev–Trinajstić information content (AvgIpc) is 2.82. The fraction of sp³-hybridized carbons (Fsp3) is 0.167. The van der Waals surface area contributed by atoms with E-state index in [4.69, 9.17) is 16.3 Å². The number of anilines is 2. The van der Waals surface area contributed by atoms with Crippen LogP contribution in [-0.2, 0) is 21.2 Å². The Morgan fingerprint density at radius 3 is 2.58 bits per heavy atom. The molecule has 4 rings (SSSR count). The number of rotatable bonds is 5. The topological polar surface area (TPSA) is 92.8 Å². The fourth-order valence-electron chi connectivity index (χ4n) is 3.79. The van der Waals surface area contributed by atoms with E-state index >= 15 is 0 Å². The number of fused-ring (bicyclic) bond motifs is 1. The van der Waals surface area contributed by atoms with E-state index in [1.165, 1.54) is 25.3 Å². The Morgan fingerprint density at radius 2 is 1.82 bits per heavy atom. The molecule has 1 N–H and O–H groups in total. The van der Waals surface area contributed by atoms with Crippen molar-refractivity contribution in [2.24, 2.45) is 0 Å². The van der Waals surface area contributed by atoms with Gasteiger partial charge in [-0.15, -0.1) is 0 Å². The summed E-state index contributed by atoms with van der Waals surface area (Å²) in [7, 11) is -2.76. The van der Waals surface area contributed by atoms with E-state index in [9.17, 15) is 18.0 Å². The predicted molar refractivity (Wildman–Crippen MR) is 126 cm³/mol. The number of carbonyl (C=O) groups is 2. The molecule has 1 aliphatic rings. The number of para-hydroxylation sites is 1. The molecule has 1 amide bonds. The number of carbonyl (C=O) groups excluding carboxylic acids is 2. The molecule has 1 aliphatic heterocycles. The van der Waals surface area contributed by atoms with Gasteiger partial charge in [0.25, 0.3) is 15.9 Å². The van der Waals surface area contributed by atoms with Gasteiger partial charge in [0.15, 0.2) is 0 Å². The number of aryl methyl sites for hydroxylation is 1. The van der Waals surface area contributed by atoms with Gasteiger partial charge in [-0.2, -0.15) is 0 Å². The van der Waals surface area contributed by atoms with E-state index in [1.807, 2.05) is 0 Å². The first kappa shape index (κ1) is 22.8. The van der Waals surface area contributed by atoms with Crippen LogP contribution >= 0.6 is 11.6 Å². The second-order valence-electron chi connectivity index (χ2n) is 7.50. The van der Waals surface area contributed by atoms with Crippen molar-refractivity contribution in [1.82, 2.24) is 0 Å². The summed E-state index contributed by atoms with van der Waals surface area (Å²) in [5, 5.41) is 0.470.